The zero-order valence-corrected chi connectivity index (χ0v) is 11.4. The molecule has 1 rings (SSSR count). The van der Waals surface area contributed by atoms with Crippen molar-refractivity contribution in [2.75, 3.05) is 13.7 Å². The van der Waals surface area contributed by atoms with Crippen LogP contribution in [0.1, 0.15) is 38.3 Å². The SMILES string of the molecule is COc1ccc(C(F)(F)CCN)cc1C(C)(C)C. The van der Waals surface area contributed by atoms with E-state index < -0.39 is 5.92 Å². The third-order valence-corrected chi connectivity index (χ3v) is 2.89. The predicted molar refractivity (Wildman–Crippen MR) is 69.3 cm³/mol. The summed E-state index contributed by atoms with van der Waals surface area (Å²) in [4.78, 5) is 0. The van der Waals surface area contributed by atoms with E-state index in [0.29, 0.717) is 5.75 Å². The standard InChI is InChI=1S/C14H21F2NO/c1-13(2,3)11-9-10(5-6-12(11)18-4)14(15,16)7-8-17/h5-6,9H,7-8,17H2,1-4H3. The van der Waals surface area contributed by atoms with Crippen molar-refractivity contribution < 1.29 is 13.5 Å². The maximum Gasteiger partial charge on any atom is 0.274 e. The van der Waals surface area contributed by atoms with E-state index >= 15 is 0 Å². The number of ether oxygens (including phenoxy) is 1. The lowest BCUT2D eigenvalue weighted by atomic mass is 9.84. The van der Waals surface area contributed by atoms with Gasteiger partial charge in [0.2, 0.25) is 0 Å². The van der Waals surface area contributed by atoms with E-state index in [1.165, 1.54) is 12.1 Å². The van der Waals surface area contributed by atoms with Gasteiger partial charge < -0.3 is 10.5 Å². The Hall–Kier alpha value is -1.16. The largest absolute Gasteiger partial charge is 0.496 e. The molecule has 0 aromatic heterocycles. The second-order valence-electron chi connectivity index (χ2n) is 5.41. The first-order valence-electron chi connectivity index (χ1n) is 5.99. The first kappa shape index (κ1) is 14.9. The number of methoxy groups -OCH3 is 1. The third-order valence-electron chi connectivity index (χ3n) is 2.89. The molecule has 4 heteroatoms. The van der Waals surface area contributed by atoms with Crippen molar-refractivity contribution in [2.45, 2.75) is 38.5 Å². The number of nitrogens with two attached hydrogens (primary N) is 1. The molecule has 0 spiro atoms. The van der Waals surface area contributed by atoms with E-state index in [2.05, 4.69) is 0 Å². The summed E-state index contributed by atoms with van der Waals surface area (Å²) in [5, 5.41) is 0. The molecule has 1 aromatic carbocycles. The van der Waals surface area contributed by atoms with Gasteiger partial charge in [0.15, 0.2) is 0 Å². The molecule has 0 aliphatic rings. The molecule has 0 atom stereocenters. The molecule has 0 aliphatic carbocycles. The minimum atomic E-state index is -2.89. The summed E-state index contributed by atoms with van der Waals surface area (Å²) in [6, 6.07) is 4.53. The van der Waals surface area contributed by atoms with Crippen LogP contribution < -0.4 is 10.5 Å². The fourth-order valence-corrected chi connectivity index (χ4v) is 1.85. The van der Waals surface area contributed by atoms with Crippen molar-refractivity contribution in [3.63, 3.8) is 0 Å². The summed E-state index contributed by atoms with van der Waals surface area (Å²) in [5.41, 5.74) is 5.75. The highest BCUT2D eigenvalue weighted by Crippen LogP contribution is 2.38. The highest BCUT2D eigenvalue weighted by Gasteiger charge is 2.32. The number of alkyl halides is 2. The minimum absolute atomic E-state index is 0.00123. The Balaban J connectivity index is 3.27. The number of rotatable bonds is 4. The molecule has 2 nitrogen and oxygen atoms in total. The predicted octanol–water partition coefficient (Wildman–Crippen LogP) is 3.43. The van der Waals surface area contributed by atoms with Crippen LogP contribution in [0.3, 0.4) is 0 Å². The van der Waals surface area contributed by atoms with Crippen molar-refractivity contribution in [2.24, 2.45) is 5.73 Å². The normalized spacial score (nSPS) is 12.6. The van der Waals surface area contributed by atoms with Crippen molar-refractivity contribution >= 4 is 0 Å². The maximum absolute atomic E-state index is 13.8. The summed E-state index contributed by atoms with van der Waals surface area (Å²) in [7, 11) is 1.54. The average Bonchev–Trinajstić information content (AvgIpc) is 2.27. The van der Waals surface area contributed by atoms with E-state index in [1.807, 2.05) is 20.8 Å². The van der Waals surface area contributed by atoms with Crippen LogP contribution in [0.25, 0.3) is 0 Å². The van der Waals surface area contributed by atoms with Gasteiger partial charge in [0.05, 0.1) is 7.11 Å². The number of halogens is 2. The van der Waals surface area contributed by atoms with E-state index in [4.69, 9.17) is 10.5 Å². The van der Waals surface area contributed by atoms with Gasteiger partial charge in [-0.15, -0.1) is 0 Å². The Morgan fingerprint density at radius 2 is 1.83 bits per heavy atom. The molecule has 0 bridgehead atoms. The Labute approximate surface area is 107 Å². The molecule has 0 saturated heterocycles. The zero-order chi connectivity index (χ0) is 14.0. The zero-order valence-electron chi connectivity index (χ0n) is 11.4. The summed E-state index contributed by atoms with van der Waals surface area (Å²) in [5.74, 6) is -2.25. The highest BCUT2D eigenvalue weighted by molar-refractivity contribution is 5.42. The molecule has 0 radical (unpaired) electrons. The van der Waals surface area contributed by atoms with Gasteiger partial charge in [-0.1, -0.05) is 20.8 Å². The van der Waals surface area contributed by atoms with Gasteiger partial charge in [-0.3, -0.25) is 0 Å². The van der Waals surface area contributed by atoms with Crippen LogP contribution >= 0.6 is 0 Å². The Morgan fingerprint density at radius 3 is 2.28 bits per heavy atom. The summed E-state index contributed by atoms with van der Waals surface area (Å²) >= 11 is 0. The minimum Gasteiger partial charge on any atom is -0.496 e. The molecule has 1 aromatic rings. The molecule has 0 unspecified atom stereocenters. The monoisotopic (exact) mass is 257 g/mol. The van der Waals surface area contributed by atoms with Crippen LogP contribution in [0.4, 0.5) is 8.78 Å². The fraction of sp³-hybridized carbons (Fsp3) is 0.571. The van der Waals surface area contributed by atoms with E-state index in [1.54, 1.807) is 13.2 Å². The molecule has 0 saturated carbocycles. The van der Waals surface area contributed by atoms with Crippen molar-refractivity contribution in [3.8, 4) is 5.75 Å². The fourth-order valence-electron chi connectivity index (χ4n) is 1.85. The van der Waals surface area contributed by atoms with Gasteiger partial charge in [-0.2, -0.15) is 0 Å². The van der Waals surface area contributed by atoms with Gasteiger partial charge in [0, 0.05) is 12.0 Å². The molecule has 0 aliphatic heterocycles. The van der Waals surface area contributed by atoms with Crippen LogP contribution in [0.2, 0.25) is 0 Å². The van der Waals surface area contributed by atoms with Crippen molar-refractivity contribution in [1.29, 1.82) is 0 Å². The molecule has 18 heavy (non-hydrogen) atoms. The molecule has 0 fully saturated rings. The lowest BCUT2D eigenvalue weighted by Gasteiger charge is -2.25. The maximum atomic E-state index is 13.8. The lowest BCUT2D eigenvalue weighted by molar-refractivity contribution is -0.0108. The lowest BCUT2D eigenvalue weighted by Crippen LogP contribution is -2.20. The van der Waals surface area contributed by atoms with Gasteiger partial charge in [-0.05, 0) is 35.7 Å². The summed E-state index contributed by atoms with van der Waals surface area (Å²) < 4.78 is 32.9. The van der Waals surface area contributed by atoms with Crippen LogP contribution in [0.15, 0.2) is 18.2 Å². The molecule has 102 valence electrons. The third kappa shape index (κ3) is 3.19. The van der Waals surface area contributed by atoms with Crippen molar-refractivity contribution in [1.82, 2.24) is 0 Å². The quantitative estimate of drug-likeness (QED) is 0.896. The Morgan fingerprint density at radius 1 is 1.22 bits per heavy atom. The Bertz CT molecular complexity index is 411. The van der Waals surface area contributed by atoms with Gasteiger partial charge in [0.25, 0.3) is 5.92 Å². The van der Waals surface area contributed by atoms with Gasteiger partial charge in [-0.25, -0.2) is 8.78 Å². The number of benzene rings is 1. The highest BCUT2D eigenvalue weighted by atomic mass is 19.3. The molecule has 2 N–H and O–H groups in total. The molecular weight excluding hydrogens is 236 g/mol. The second-order valence-corrected chi connectivity index (χ2v) is 5.41. The molecule has 0 amide bonds. The Kier molecular flexibility index (Phi) is 4.32. The van der Waals surface area contributed by atoms with E-state index in [0.717, 1.165) is 5.56 Å². The van der Waals surface area contributed by atoms with Crippen LogP contribution in [0, 0.1) is 0 Å². The second kappa shape index (κ2) is 5.22. The first-order valence-corrected chi connectivity index (χ1v) is 5.99. The number of hydrogen-bond acceptors (Lipinski definition) is 2. The van der Waals surface area contributed by atoms with E-state index in [-0.39, 0.29) is 23.9 Å². The van der Waals surface area contributed by atoms with Crippen LogP contribution in [-0.2, 0) is 11.3 Å². The summed E-state index contributed by atoms with van der Waals surface area (Å²) in [6.45, 7) is 5.87. The average molecular weight is 257 g/mol. The number of hydrogen-bond donors (Lipinski definition) is 1. The smallest absolute Gasteiger partial charge is 0.274 e. The van der Waals surface area contributed by atoms with Crippen LogP contribution in [0.5, 0.6) is 5.75 Å². The van der Waals surface area contributed by atoms with Gasteiger partial charge in [0.1, 0.15) is 5.75 Å². The van der Waals surface area contributed by atoms with E-state index in [9.17, 15) is 8.78 Å². The van der Waals surface area contributed by atoms with Crippen LogP contribution in [-0.4, -0.2) is 13.7 Å². The molecular formula is C14H21F2NO. The topological polar surface area (TPSA) is 35.2 Å². The molecule has 0 heterocycles. The van der Waals surface area contributed by atoms with Gasteiger partial charge >= 0.3 is 0 Å². The van der Waals surface area contributed by atoms with Crippen molar-refractivity contribution in [3.05, 3.63) is 29.3 Å². The summed E-state index contributed by atoms with van der Waals surface area (Å²) in [6.07, 6.45) is -0.344. The first-order chi connectivity index (χ1) is 8.22.